The van der Waals surface area contributed by atoms with Crippen molar-refractivity contribution in [2.45, 2.75) is 31.1 Å². The molecular weight excluding hydrogens is 242 g/mol. The average molecular weight is 263 g/mol. The molecule has 1 rings (SSSR count). The first kappa shape index (κ1) is 14.4. The summed E-state index contributed by atoms with van der Waals surface area (Å²) in [5.41, 5.74) is 0. The molecule has 0 bridgehead atoms. The fourth-order valence-corrected chi connectivity index (χ4v) is 3.13. The molecule has 1 unspecified atom stereocenters. The van der Waals surface area contributed by atoms with E-state index in [0.29, 0.717) is 6.54 Å². The zero-order valence-corrected chi connectivity index (χ0v) is 11.4. The highest BCUT2D eigenvalue weighted by atomic mass is 32.2. The fourth-order valence-electron chi connectivity index (χ4n) is 1.78. The minimum atomic E-state index is -3.59. The first-order chi connectivity index (χ1) is 7.84. The lowest BCUT2D eigenvalue weighted by molar-refractivity contribution is -0.127. The SMILES string of the molecule is CC(C(=O)N(C)C)S(=O)(=O)N[C@H]1CCCNC1. The van der Waals surface area contributed by atoms with Crippen LogP contribution in [0.3, 0.4) is 0 Å². The van der Waals surface area contributed by atoms with Crippen molar-refractivity contribution in [1.82, 2.24) is 14.9 Å². The first-order valence-corrected chi connectivity index (χ1v) is 7.32. The van der Waals surface area contributed by atoms with E-state index in [0.717, 1.165) is 19.4 Å². The summed E-state index contributed by atoms with van der Waals surface area (Å²) in [6.07, 6.45) is 1.76. The van der Waals surface area contributed by atoms with Crippen LogP contribution < -0.4 is 10.0 Å². The number of nitrogens with zero attached hydrogens (tertiary/aromatic N) is 1. The summed E-state index contributed by atoms with van der Waals surface area (Å²) in [6, 6.07) is -0.105. The number of rotatable bonds is 4. The van der Waals surface area contributed by atoms with Crippen LogP contribution in [0.4, 0.5) is 0 Å². The Balaban J connectivity index is 2.64. The predicted octanol–water partition coefficient (Wildman–Crippen LogP) is -0.865. The van der Waals surface area contributed by atoms with Crippen LogP contribution in [0, 0.1) is 0 Å². The topological polar surface area (TPSA) is 78.5 Å². The summed E-state index contributed by atoms with van der Waals surface area (Å²) in [5.74, 6) is -0.402. The quantitative estimate of drug-likeness (QED) is 0.691. The van der Waals surface area contributed by atoms with Crippen LogP contribution in [-0.4, -0.2) is 57.7 Å². The van der Waals surface area contributed by atoms with Gasteiger partial charge in [0.2, 0.25) is 15.9 Å². The van der Waals surface area contributed by atoms with Gasteiger partial charge in [0.15, 0.2) is 5.25 Å². The summed E-state index contributed by atoms with van der Waals surface area (Å²) in [5, 5.41) is 2.08. The number of sulfonamides is 1. The summed E-state index contributed by atoms with van der Waals surface area (Å²) in [6.45, 7) is 2.97. The van der Waals surface area contributed by atoms with Gasteiger partial charge in [-0.1, -0.05) is 0 Å². The van der Waals surface area contributed by atoms with Crippen molar-refractivity contribution < 1.29 is 13.2 Å². The third kappa shape index (κ3) is 3.93. The second-order valence-electron chi connectivity index (χ2n) is 4.58. The Labute approximate surface area is 103 Å². The van der Waals surface area contributed by atoms with Gasteiger partial charge in [0.1, 0.15) is 0 Å². The molecule has 1 saturated heterocycles. The Kier molecular flexibility index (Phi) is 4.91. The lowest BCUT2D eigenvalue weighted by Crippen LogP contribution is -2.50. The van der Waals surface area contributed by atoms with Crippen LogP contribution in [0.2, 0.25) is 0 Å². The monoisotopic (exact) mass is 263 g/mol. The zero-order valence-electron chi connectivity index (χ0n) is 10.6. The largest absolute Gasteiger partial charge is 0.348 e. The molecule has 1 aliphatic heterocycles. The maximum Gasteiger partial charge on any atom is 0.241 e. The summed E-state index contributed by atoms with van der Waals surface area (Å²) >= 11 is 0. The van der Waals surface area contributed by atoms with E-state index in [2.05, 4.69) is 10.0 Å². The third-order valence-electron chi connectivity index (χ3n) is 2.88. The summed E-state index contributed by atoms with van der Waals surface area (Å²) < 4.78 is 26.5. The van der Waals surface area contributed by atoms with Crippen LogP contribution in [0.25, 0.3) is 0 Å². The van der Waals surface area contributed by atoms with E-state index < -0.39 is 21.2 Å². The molecule has 1 aliphatic rings. The second kappa shape index (κ2) is 5.79. The number of amides is 1. The van der Waals surface area contributed by atoms with Crippen molar-refractivity contribution in [3.8, 4) is 0 Å². The standard InChI is InChI=1S/C10H21N3O3S/c1-8(10(14)13(2)3)17(15,16)12-9-5-4-6-11-7-9/h8-9,11-12H,4-7H2,1-3H3/t8?,9-/m0/s1. The maximum absolute atomic E-state index is 12.0. The highest BCUT2D eigenvalue weighted by molar-refractivity contribution is 7.90. The average Bonchev–Trinajstić information content (AvgIpc) is 2.27. The number of hydrogen-bond acceptors (Lipinski definition) is 4. The molecule has 1 fully saturated rings. The van der Waals surface area contributed by atoms with Gasteiger partial charge in [-0.25, -0.2) is 13.1 Å². The number of carbonyl (C=O) groups excluding carboxylic acids is 1. The smallest absolute Gasteiger partial charge is 0.241 e. The minimum absolute atomic E-state index is 0.105. The van der Waals surface area contributed by atoms with Crippen molar-refractivity contribution >= 4 is 15.9 Å². The van der Waals surface area contributed by atoms with E-state index >= 15 is 0 Å². The molecule has 100 valence electrons. The third-order valence-corrected chi connectivity index (χ3v) is 4.68. The van der Waals surface area contributed by atoms with Crippen molar-refractivity contribution in [1.29, 1.82) is 0 Å². The molecule has 0 aromatic heterocycles. The molecule has 0 aliphatic carbocycles. The minimum Gasteiger partial charge on any atom is -0.348 e. The number of hydrogen-bond donors (Lipinski definition) is 2. The Bertz CT molecular complexity index is 361. The van der Waals surface area contributed by atoms with Crippen LogP contribution in [0.5, 0.6) is 0 Å². The van der Waals surface area contributed by atoms with E-state index in [-0.39, 0.29) is 6.04 Å². The number of piperidine rings is 1. The van der Waals surface area contributed by atoms with Crippen molar-refractivity contribution in [2.75, 3.05) is 27.2 Å². The predicted molar refractivity (Wildman–Crippen MR) is 66.1 cm³/mol. The molecule has 1 heterocycles. The van der Waals surface area contributed by atoms with Gasteiger partial charge in [-0.05, 0) is 26.3 Å². The molecule has 0 aromatic rings. The lowest BCUT2D eigenvalue weighted by atomic mass is 10.1. The van der Waals surface area contributed by atoms with Gasteiger partial charge in [-0.3, -0.25) is 4.79 Å². The molecule has 2 N–H and O–H groups in total. The summed E-state index contributed by atoms with van der Waals surface area (Å²) in [7, 11) is -0.481. The first-order valence-electron chi connectivity index (χ1n) is 5.77. The maximum atomic E-state index is 12.0. The molecule has 0 spiro atoms. The molecule has 17 heavy (non-hydrogen) atoms. The van der Waals surface area contributed by atoms with E-state index in [9.17, 15) is 13.2 Å². The van der Waals surface area contributed by atoms with Gasteiger partial charge in [-0.15, -0.1) is 0 Å². The van der Waals surface area contributed by atoms with Gasteiger partial charge in [0, 0.05) is 26.7 Å². The van der Waals surface area contributed by atoms with Crippen molar-refractivity contribution in [3.63, 3.8) is 0 Å². The Morgan fingerprint density at radius 3 is 2.59 bits per heavy atom. The van der Waals surface area contributed by atoms with Crippen molar-refractivity contribution in [2.24, 2.45) is 0 Å². The van der Waals surface area contributed by atoms with Crippen LogP contribution in [-0.2, 0) is 14.8 Å². The van der Waals surface area contributed by atoms with E-state index in [4.69, 9.17) is 0 Å². The highest BCUT2D eigenvalue weighted by Gasteiger charge is 2.31. The van der Waals surface area contributed by atoms with Gasteiger partial charge in [-0.2, -0.15) is 0 Å². The Morgan fingerprint density at radius 1 is 1.47 bits per heavy atom. The molecule has 0 aromatic carbocycles. The van der Waals surface area contributed by atoms with Gasteiger partial charge in [0.05, 0.1) is 0 Å². The number of nitrogens with one attached hydrogen (secondary N) is 2. The molecule has 2 atom stereocenters. The Hall–Kier alpha value is -0.660. The van der Waals surface area contributed by atoms with E-state index in [1.54, 1.807) is 14.1 Å². The molecule has 7 heteroatoms. The van der Waals surface area contributed by atoms with Crippen molar-refractivity contribution in [3.05, 3.63) is 0 Å². The second-order valence-corrected chi connectivity index (χ2v) is 6.61. The zero-order chi connectivity index (χ0) is 13.1. The van der Waals surface area contributed by atoms with Crippen LogP contribution >= 0.6 is 0 Å². The lowest BCUT2D eigenvalue weighted by Gasteiger charge is -2.25. The van der Waals surface area contributed by atoms with Gasteiger partial charge < -0.3 is 10.2 Å². The van der Waals surface area contributed by atoms with Crippen LogP contribution in [0.1, 0.15) is 19.8 Å². The van der Waals surface area contributed by atoms with Gasteiger partial charge >= 0.3 is 0 Å². The highest BCUT2D eigenvalue weighted by Crippen LogP contribution is 2.07. The Morgan fingerprint density at radius 2 is 2.12 bits per heavy atom. The van der Waals surface area contributed by atoms with Crippen LogP contribution in [0.15, 0.2) is 0 Å². The molecule has 0 radical (unpaired) electrons. The van der Waals surface area contributed by atoms with E-state index in [1.807, 2.05) is 0 Å². The molecule has 1 amide bonds. The molecule has 6 nitrogen and oxygen atoms in total. The molecular formula is C10H21N3O3S. The fraction of sp³-hybridized carbons (Fsp3) is 0.900. The summed E-state index contributed by atoms with van der Waals surface area (Å²) in [4.78, 5) is 12.9. The van der Waals surface area contributed by atoms with E-state index in [1.165, 1.54) is 11.8 Å². The van der Waals surface area contributed by atoms with Gasteiger partial charge in [0.25, 0.3) is 0 Å². The molecule has 0 saturated carbocycles. The number of carbonyl (C=O) groups is 1. The normalized spacial score (nSPS) is 23.1.